The minimum Gasteiger partial charge on any atom is -0.467 e. The van der Waals surface area contributed by atoms with Crippen LogP contribution in [-0.4, -0.2) is 39.1 Å². The van der Waals surface area contributed by atoms with Crippen LogP contribution in [0.15, 0.2) is 47.1 Å². The van der Waals surface area contributed by atoms with E-state index in [4.69, 9.17) is 10.2 Å². The number of carbonyl (C=O) groups excluding carboxylic acids is 3. The van der Waals surface area contributed by atoms with Gasteiger partial charge >= 0.3 is 0 Å². The van der Waals surface area contributed by atoms with E-state index in [1.54, 1.807) is 12.1 Å². The van der Waals surface area contributed by atoms with E-state index in [1.165, 1.54) is 17.6 Å². The van der Waals surface area contributed by atoms with Gasteiger partial charge in [-0.15, -0.1) is 0 Å². The summed E-state index contributed by atoms with van der Waals surface area (Å²) in [5.74, 6) is -0.566. The topological polar surface area (TPSA) is 131 Å². The number of nitrogens with one attached hydrogen (secondary N) is 2. The molecule has 10 heteroatoms. The molecule has 4 N–H and O–H groups in total. The highest BCUT2D eigenvalue weighted by atomic mass is 32.1. The molecule has 3 aromatic rings. The third kappa shape index (κ3) is 6.98. The van der Waals surface area contributed by atoms with Crippen molar-refractivity contribution in [3.63, 3.8) is 0 Å². The van der Waals surface area contributed by atoms with Crippen LogP contribution in [0.25, 0.3) is 0 Å². The molecule has 1 atom stereocenters. The van der Waals surface area contributed by atoms with Crippen molar-refractivity contribution in [2.24, 2.45) is 0 Å². The Morgan fingerprint density at radius 2 is 1.61 bits per heavy atom. The summed E-state index contributed by atoms with van der Waals surface area (Å²) in [6.07, 6.45) is 11.8. The van der Waals surface area contributed by atoms with Gasteiger partial charge in [0.25, 0.3) is 11.8 Å². The smallest absolute Gasteiger partial charge is 0.273 e. The highest BCUT2D eigenvalue weighted by Gasteiger charge is 2.36. The van der Waals surface area contributed by atoms with Gasteiger partial charge in [0, 0.05) is 12.1 Å². The molecule has 2 aromatic heterocycles. The van der Waals surface area contributed by atoms with Gasteiger partial charge < -0.3 is 25.7 Å². The molecule has 2 fully saturated rings. The van der Waals surface area contributed by atoms with Crippen molar-refractivity contribution in [3.8, 4) is 0 Å². The van der Waals surface area contributed by atoms with E-state index in [0.29, 0.717) is 11.3 Å². The maximum absolute atomic E-state index is 14.3. The van der Waals surface area contributed by atoms with Crippen molar-refractivity contribution in [1.29, 1.82) is 0 Å². The lowest BCUT2D eigenvalue weighted by Gasteiger charge is -2.33. The Kier molecular flexibility index (Phi) is 9.38. The van der Waals surface area contributed by atoms with Crippen LogP contribution in [0.4, 0.5) is 5.69 Å². The van der Waals surface area contributed by atoms with E-state index >= 15 is 0 Å². The molecular formula is C31H39N5O4S. The van der Waals surface area contributed by atoms with Crippen LogP contribution in [0, 0.1) is 6.92 Å². The molecule has 0 radical (unpaired) electrons. The van der Waals surface area contributed by atoms with Crippen LogP contribution >= 0.6 is 11.5 Å². The number of carbonyl (C=O) groups is 3. The van der Waals surface area contributed by atoms with Crippen LogP contribution < -0.4 is 16.4 Å². The first-order valence-corrected chi connectivity index (χ1v) is 15.4. The molecule has 0 saturated heterocycles. The number of furan rings is 1. The molecule has 2 aliphatic carbocycles. The molecule has 0 aliphatic heterocycles. The van der Waals surface area contributed by atoms with Gasteiger partial charge in [-0.05, 0) is 61.8 Å². The van der Waals surface area contributed by atoms with Crippen molar-refractivity contribution >= 4 is 34.9 Å². The average molecular weight is 578 g/mol. The molecule has 2 heterocycles. The summed E-state index contributed by atoms with van der Waals surface area (Å²) in [6.45, 7) is 2.02. The fourth-order valence-corrected chi connectivity index (χ4v) is 6.60. The van der Waals surface area contributed by atoms with Gasteiger partial charge in [-0.1, -0.05) is 68.4 Å². The number of nitrogens with zero attached hydrogens (tertiary/aromatic N) is 2. The molecule has 3 amide bonds. The molecule has 5 rings (SSSR count). The molecule has 218 valence electrons. The zero-order valence-electron chi connectivity index (χ0n) is 23.6. The molecule has 1 aromatic carbocycles. The predicted molar refractivity (Wildman–Crippen MR) is 158 cm³/mol. The Bertz CT molecular complexity index is 1320. The standard InChI is InChI=1S/C31H39N5O4S/c1-20-14-16-21(17-15-20)27(30(38)34-23-11-6-3-7-12-23)36(19-24-13-8-18-40-24)31(39)28-25(32)26(35-41-28)29(37)33-22-9-4-2-5-10-22/h8,13-18,22-23,27H,2-7,9-12,19,32H2,1H3,(H,33,37)(H,34,38). The molecule has 9 nitrogen and oxygen atoms in total. The van der Waals surface area contributed by atoms with Gasteiger partial charge in [0.05, 0.1) is 18.5 Å². The predicted octanol–water partition coefficient (Wildman–Crippen LogP) is 5.52. The van der Waals surface area contributed by atoms with Crippen LogP contribution in [0.1, 0.15) is 107 Å². The average Bonchev–Trinajstić information content (AvgIpc) is 3.64. The number of anilines is 1. The largest absolute Gasteiger partial charge is 0.467 e. The lowest BCUT2D eigenvalue weighted by atomic mass is 9.94. The summed E-state index contributed by atoms with van der Waals surface area (Å²) < 4.78 is 9.91. The minimum atomic E-state index is -0.934. The van der Waals surface area contributed by atoms with E-state index < -0.39 is 11.9 Å². The number of aryl methyl sites for hydroxylation is 1. The van der Waals surface area contributed by atoms with Gasteiger partial charge in [0.1, 0.15) is 16.7 Å². The zero-order chi connectivity index (χ0) is 28.8. The first-order valence-electron chi connectivity index (χ1n) is 14.7. The second-order valence-electron chi connectivity index (χ2n) is 11.3. The van der Waals surface area contributed by atoms with E-state index in [1.807, 2.05) is 31.2 Å². The lowest BCUT2D eigenvalue weighted by Crippen LogP contribution is -2.46. The van der Waals surface area contributed by atoms with Crippen molar-refractivity contribution in [2.75, 3.05) is 5.73 Å². The second kappa shape index (κ2) is 13.3. The van der Waals surface area contributed by atoms with Crippen LogP contribution in [-0.2, 0) is 11.3 Å². The van der Waals surface area contributed by atoms with Gasteiger partial charge in [0.2, 0.25) is 5.91 Å². The fourth-order valence-electron chi connectivity index (χ4n) is 5.85. The quantitative estimate of drug-likeness (QED) is 0.307. The monoisotopic (exact) mass is 577 g/mol. The SMILES string of the molecule is Cc1ccc(C(C(=O)NC2CCCCC2)N(Cc2ccco2)C(=O)c2snc(C(=O)NC3CCCCC3)c2N)cc1. The third-order valence-corrected chi connectivity index (χ3v) is 9.00. The van der Waals surface area contributed by atoms with E-state index in [2.05, 4.69) is 15.0 Å². The summed E-state index contributed by atoms with van der Waals surface area (Å²) in [7, 11) is 0. The molecular weight excluding hydrogens is 538 g/mol. The van der Waals surface area contributed by atoms with Crippen LogP contribution in [0.2, 0.25) is 0 Å². The Morgan fingerprint density at radius 3 is 2.22 bits per heavy atom. The molecule has 0 bridgehead atoms. The van der Waals surface area contributed by atoms with Crippen molar-refractivity contribution < 1.29 is 18.8 Å². The van der Waals surface area contributed by atoms with Crippen molar-refractivity contribution in [2.45, 2.75) is 95.8 Å². The Morgan fingerprint density at radius 1 is 0.976 bits per heavy atom. The number of amides is 3. The van der Waals surface area contributed by atoms with E-state index in [0.717, 1.165) is 74.9 Å². The molecule has 0 spiro atoms. The molecule has 2 saturated carbocycles. The Balaban J connectivity index is 1.47. The number of nitrogens with two attached hydrogens (primary N) is 1. The normalized spacial score (nSPS) is 17.1. The summed E-state index contributed by atoms with van der Waals surface area (Å²) in [5.41, 5.74) is 8.24. The van der Waals surface area contributed by atoms with E-state index in [-0.39, 0.29) is 46.7 Å². The summed E-state index contributed by atoms with van der Waals surface area (Å²) >= 11 is 0.889. The second-order valence-corrected chi connectivity index (χ2v) is 12.0. The maximum atomic E-state index is 14.3. The lowest BCUT2D eigenvalue weighted by molar-refractivity contribution is -0.127. The number of benzene rings is 1. The van der Waals surface area contributed by atoms with Gasteiger partial charge in [-0.2, -0.15) is 4.37 Å². The zero-order valence-corrected chi connectivity index (χ0v) is 24.4. The first kappa shape index (κ1) is 28.9. The van der Waals surface area contributed by atoms with Crippen molar-refractivity contribution in [3.05, 3.63) is 70.1 Å². The first-order chi connectivity index (χ1) is 19.9. The van der Waals surface area contributed by atoms with Crippen molar-refractivity contribution in [1.82, 2.24) is 19.9 Å². The van der Waals surface area contributed by atoms with Crippen LogP contribution in [0.5, 0.6) is 0 Å². The van der Waals surface area contributed by atoms with Gasteiger partial charge in [-0.25, -0.2) is 0 Å². The highest BCUT2D eigenvalue weighted by Crippen LogP contribution is 2.31. The number of hydrogen-bond donors (Lipinski definition) is 3. The Labute approximate surface area is 245 Å². The van der Waals surface area contributed by atoms with Gasteiger partial charge in [-0.3, -0.25) is 14.4 Å². The number of rotatable bonds is 9. The number of aromatic nitrogens is 1. The van der Waals surface area contributed by atoms with Crippen LogP contribution in [0.3, 0.4) is 0 Å². The summed E-state index contributed by atoms with van der Waals surface area (Å²) in [5, 5.41) is 6.24. The molecule has 41 heavy (non-hydrogen) atoms. The third-order valence-electron chi connectivity index (χ3n) is 8.15. The molecule has 2 aliphatic rings. The fraction of sp³-hybridized carbons (Fsp3) is 0.484. The number of hydrogen-bond acceptors (Lipinski definition) is 7. The summed E-state index contributed by atoms with van der Waals surface area (Å²) in [4.78, 5) is 42.9. The Hall–Kier alpha value is -3.66. The number of nitrogen functional groups attached to an aromatic ring is 1. The van der Waals surface area contributed by atoms with E-state index in [9.17, 15) is 14.4 Å². The maximum Gasteiger partial charge on any atom is 0.273 e. The highest BCUT2D eigenvalue weighted by molar-refractivity contribution is 7.09. The van der Waals surface area contributed by atoms with Gasteiger partial charge in [0.15, 0.2) is 5.69 Å². The molecule has 1 unspecified atom stereocenters. The minimum absolute atomic E-state index is 0.0353. The summed E-state index contributed by atoms with van der Waals surface area (Å²) in [6, 6.07) is 10.3.